The van der Waals surface area contributed by atoms with E-state index in [1.165, 1.54) is 6.92 Å². The molecule has 2 amide bonds. The van der Waals surface area contributed by atoms with Gasteiger partial charge in [-0.1, -0.05) is 0 Å². The lowest BCUT2D eigenvalue weighted by atomic mass is 10.3. The first-order valence-electron chi connectivity index (χ1n) is 8.63. The Kier molecular flexibility index (Phi) is 5.50. The van der Waals surface area contributed by atoms with Gasteiger partial charge in [-0.2, -0.15) is 0 Å². The van der Waals surface area contributed by atoms with Crippen LogP contribution in [0.3, 0.4) is 0 Å². The highest BCUT2D eigenvalue weighted by Crippen LogP contribution is 2.19. The van der Waals surface area contributed by atoms with Crippen molar-refractivity contribution >= 4 is 11.8 Å². The third-order valence-corrected chi connectivity index (χ3v) is 4.34. The Balaban J connectivity index is 1.53. The smallest absolute Gasteiger partial charge is 0.242 e. The third kappa shape index (κ3) is 4.59. The molecule has 1 aliphatic rings. The Hall–Kier alpha value is -2.90. The van der Waals surface area contributed by atoms with Crippen molar-refractivity contribution in [2.45, 2.75) is 39.5 Å². The molecule has 2 aromatic heterocycles. The van der Waals surface area contributed by atoms with Crippen molar-refractivity contribution in [3.05, 3.63) is 42.2 Å². The average molecular weight is 357 g/mol. The molecule has 0 spiro atoms. The molecule has 8 nitrogen and oxygen atoms in total. The second-order valence-corrected chi connectivity index (χ2v) is 6.36. The molecule has 0 radical (unpaired) electrons. The van der Waals surface area contributed by atoms with E-state index in [2.05, 4.69) is 15.3 Å². The van der Waals surface area contributed by atoms with E-state index in [9.17, 15) is 9.59 Å². The minimum Gasteiger partial charge on any atom is -0.488 e. The van der Waals surface area contributed by atoms with Crippen molar-refractivity contribution < 1.29 is 14.3 Å². The van der Waals surface area contributed by atoms with Crippen LogP contribution in [0.25, 0.3) is 0 Å². The fourth-order valence-corrected chi connectivity index (χ4v) is 2.90. The Morgan fingerprint density at radius 2 is 2.19 bits per heavy atom. The van der Waals surface area contributed by atoms with Crippen molar-refractivity contribution in [2.24, 2.45) is 0 Å². The van der Waals surface area contributed by atoms with Crippen LogP contribution in [0, 0.1) is 6.92 Å². The van der Waals surface area contributed by atoms with Crippen molar-refractivity contribution in [2.75, 3.05) is 13.1 Å². The Bertz CT molecular complexity index is 789. The maximum atomic E-state index is 12.4. The number of carbonyl (C=O) groups is 2. The van der Waals surface area contributed by atoms with E-state index in [4.69, 9.17) is 4.74 Å². The number of rotatable bonds is 6. The number of carbonyl (C=O) groups excluding carboxylic acids is 2. The summed E-state index contributed by atoms with van der Waals surface area (Å²) in [5, 5.41) is 2.71. The van der Waals surface area contributed by atoms with Crippen LogP contribution in [0.15, 0.2) is 30.7 Å². The summed E-state index contributed by atoms with van der Waals surface area (Å²) in [5.41, 5.74) is 0.735. The number of nitrogens with one attached hydrogen (secondary N) is 1. The minimum atomic E-state index is -0.101. The number of hydrogen-bond donors (Lipinski definition) is 1. The molecule has 0 aliphatic carbocycles. The number of ether oxygens (including phenoxy) is 1. The summed E-state index contributed by atoms with van der Waals surface area (Å²) in [5.74, 6) is 1.49. The largest absolute Gasteiger partial charge is 0.488 e. The molecule has 1 unspecified atom stereocenters. The highest BCUT2D eigenvalue weighted by molar-refractivity contribution is 5.76. The zero-order valence-electron chi connectivity index (χ0n) is 15.0. The minimum absolute atomic E-state index is 0.0427. The maximum absolute atomic E-state index is 12.4. The summed E-state index contributed by atoms with van der Waals surface area (Å²) in [6.45, 7) is 5.26. The van der Waals surface area contributed by atoms with Crippen molar-refractivity contribution in [1.82, 2.24) is 24.8 Å². The number of imidazole rings is 1. The van der Waals surface area contributed by atoms with Gasteiger partial charge in [0.15, 0.2) is 0 Å². The molecule has 1 aliphatic heterocycles. The number of hydrogen-bond acceptors (Lipinski definition) is 5. The first-order valence-corrected chi connectivity index (χ1v) is 8.63. The molecule has 0 aromatic carbocycles. The zero-order valence-corrected chi connectivity index (χ0v) is 15.0. The topological polar surface area (TPSA) is 89.4 Å². The molecule has 3 heterocycles. The quantitative estimate of drug-likeness (QED) is 0.830. The van der Waals surface area contributed by atoms with E-state index in [-0.39, 0.29) is 17.9 Å². The van der Waals surface area contributed by atoms with Gasteiger partial charge < -0.3 is 19.5 Å². The second kappa shape index (κ2) is 7.99. The van der Waals surface area contributed by atoms with Gasteiger partial charge in [0.25, 0.3) is 0 Å². The molecule has 1 fully saturated rings. The molecule has 2 aromatic rings. The second-order valence-electron chi connectivity index (χ2n) is 6.36. The van der Waals surface area contributed by atoms with Crippen molar-refractivity contribution in [3.8, 4) is 5.75 Å². The monoisotopic (exact) mass is 357 g/mol. The van der Waals surface area contributed by atoms with E-state index in [1.807, 2.05) is 28.7 Å². The van der Waals surface area contributed by atoms with Gasteiger partial charge in [0, 0.05) is 44.5 Å². The van der Waals surface area contributed by atoms with Gasteiger partial charge in [-0.05, 0) is 13.0 Å². The Labute approximate surface area is 152 Å². The molecule has 8 heteroatoms. The van der Waals surface area contributed by atoms with Crippen LogP contribution >= 0.6 is 0 Å². The zero-order chi connectivity index (χ0) is 18.5. The van der Waals surface area contributed by atoms with Crippen LogP contribution in [0.4, 0.5) is 0 Å². The van der Waals surface area contributed by atoms with E-state index in [0.29, 0.717) is 31.9 Å². The highest BCUT2D eigenvalue weighted by atomic mass is 16.5. The number of nitrogens with zero attached hydrogens (tertiary/aromatic N) is 4. The summed E-state index contributed by atoms with van der Waals surface area (Å²) in [6.07, 6.45) is 5.91. The van der Waals surface area contributed by atoms with E-state index in [0.717, 1.165) is 17.9 Å². The predicted octanol–water partition coefficient (Wildman–Crippen LogP) is 0.903. The highest BCUT2D eigenvalue weighted by Gasteiger charge is 2.27. The summed E-state index contributed by atoms with van der Waals surface area (Å²) < 4.78 is 7.84. The summed E-state index contributed by atoms with van der Waals surface area (Å²) in [7, 11) is 0. The van der Waals surface area contributed by atoms with Crippen molar-refractivity contribution in [1.29, 1.82) is 0 Å². The molecule has 1 N–H and O–H groups in total. The standard InChI is InChI=1S/C18H23N5O3/c1-13-19-6-8-22(13)12-18(25)23-7-4-17(11-23)26-16-3-5-20-15(9-16)10-21-14(2)24/h3,5-6,8-9,17H,4,7,10-12H2,1-2H3,(H,21,24). The van der Waals surface area contributed by atoms with Gasteiger partial charge in [-0.25, -0.2) is 4.98 Å². The summed E-state index contributed by atoms with van der Waals surface area (Å²) in [4.78, 5) is 33.6. The molecule has 26 heavy (non-hydrogen) atoms. The van der Waals surface area contributed by atoms with Crippen LogP contribution in [-0.4, -0.2) is 50.4 Å². The lowest BCUT2D eigenvalue weighted by Gasteiger charge is -2.18. The lowest BCUT2D eigenvalue weighted by molar-refractivity contribution is -0.131. The van der Waals surface area contributed by atoms with Crippen LogP contribution in [-0.2, 0) is 22.7 Å². The van der Waals surface area contributed by atoms with Gasteiger partial charge in [0.1, 0.15) is 24.2 Å². The summed E-state index contributed by atoms with van der Waals surface area (Å²) >= 11 is 0. The average Bonchev–Trinajstić information content (AvgIpc) is 3.23. The van der Waals surface area contributed by atoms with Crippen LogP contribution < -0.4 is 10.1 Å². The van der Waals surface area contributed by atoms with Crippen LogP contribution in [0.1, 0.15) is 24.9 Å². The number of likely N-dealkylation sites (tertiary alicyclic amines) is 1. The number of pyridine rings is 1. The molecular formula is C18H23N5O3. The van der Waals surface area contributed by atoms with Gasteiger partial charge in [0.05, 0.1) is 18.8 Å². The molecule has 1 atom stereocenters. The van der Waals surface area contributed by atoms with Crippen LogP contribution in [0.2, 0.25) is 0 Å². The van der Waals surface area contributed by atoms with Gasteiger partial charge in [-0.3, -0.25) is 14.6 Å². The van der Waals surface area contributed by atoms with Gasteiger partial charge in [-0.15, -0.1) is 0 Å². The van der Waals surface area contributed by atoms with E-state index in [1.54, 1.807) is 18.5 Å². The number of amides is 2. The van der Waals surface area contributed by atoms with Crippen LogP contribution in [0.5, 0.6) is 5.75 Å². The summed E-state index contributed by atoms with van der Waals surface area (Å²) in [6, 6.07) is 3.60. The normalized spacial score (nSPS) is 16.5. The molecule has 0 saturated carbocycles. The fraction of sp³-hybridized carbons (Fsp3) is 0.444. The maximum Gasteiger partial charge on any atom is 0.242 e. The Morgan fingerprint density at radius 1 is 1.35 bits per heavy atom. The molecule has 0 bridgehead atoms. The first kappa shape index (κ1) is 17.9. The van der Waals surface area contributed by atoms with Crippen molar-refractivity contribution in [3.63, 3.8) is 0 Å². The first-order chi connectivity index (χ1) is 12.5. The molecule has 3 rings (SSSR count). The Morgan fingerprint density at radius 3 is 2.92 bits per heavy atom. The molecule has 138 valence electrons. The van der Waals surface area contributed by atoms with Gasteiger partial charge in [0.2, 0.25) is 11.8 Å². The lowest BCUT2D eigenvalue weighted by Crippen LogP contribution is -2.33. The SMILES string of the molecule is CC(=O)NCc1cc(OC2CCN(C(=O)Cn3ccnc3C)C2)ccn1. The van der Waals surface area contributed by atoms with E-state index < -0.39 is 0 Å². The number of aryl methyl sites for hydroxylation is 1. The molecular weight excluding hydrogens is 334 g/mol. The predicted molar refractivity (Wildman–Crippen MR) is 94.3 cm³/mol. The molecule has 1 saturated heterocycles. The third-order valence-electron chi connectivity index (χ3n) is 4.34. The van der Waals surface area contributed by atoms with Gasteiger partial charge >= 0.3 is 0 Å². The van der Waals surface area contributed by atoms with E-state index >= 15 is 0 Å². The fourth-order valence-electron chi connectivity index (χ4n) is 2.90. The number of aromatic nitrogens is 3.